The molecule has 1 amide bonds. The first kappa shape index (κ1) is 19.6. The SMILES string of the molecule is CCOC(=O)c1cn(Cc2ccc(CN3CCN4C(=O)CCCC4C3)cc2)nn1. The van der Waals surface area contributed by atoms with E-state index >= 15 is 0 Å². The second-order valence-corrected chi connectivity index (χ2v) is 7.71. The van der Waals surface area contributed by atoms with Gasteiger partial charge >= 0.3 is 5.97 Å². The number of ether oxygens (including phenoxy) is 1. The van der Waals surface area contributed by atoms with Crippen LogP contribution in [0.25, 0.3) is 0 Å². The molecule has 0 N–H and O–H groups in total. The maximum Gasteiger partial charge on any atom is 0.360 e. The summed E-state index contributed by atoms with van der Waals surface area (Å²) < 4.78 is 6.58. The van der Waals surface area contributed by atoms with Crippen LogP contribution in [0.4, 0.5) is 0 Å². The van der Waals surface area contributed by atoms with E-state index in [1.807, 2.05) is 0 Å². The van der Waals surface area contributed by atoms with Crippen LogP contribution >= 0.6 is 0 Å². The molecule has 3 heterocycles. The molecule has 0 aliphatic carbocycles. The fourth-order valence-electron chi connectivity index (χ4n) is 4.14. The van der Waals surface area contributed by atoms with Crippen molar-refractivity contribution in [3.05, 3.63) is 47.3 Å². The first-order valence-electron chi connectivity index (χ1n) is 10.3. The number of fused-ring (bicyclic) bond motifs is 1. The summed E-state index contributed by atoms with van der Waals surface area (Å²) in [7, 11) is 0. The molecule has 2 fully saturated rings. The van der Waals surface area contributed by atoms with Crippen LogP contribution in [-0.2, 0) is 22.6 Å². The Morgan fingerprint density at radius 1 is 1.17 bits per heavy atom. The van der Waals surface area contributed by atoms with Gasteiger partial charge in [-0.1, -0.05) is 29.5 Å². The van der Waals surface area contributed by atoms with E-state index in [2.05, 4.69) is 44.4 Å². The number of hydrogen-bond donors (Lipinski definition) is 0. The topological polar surface area (TPSA) is 80.6 Å². The standard InChI is InChI=1S/C21H27N5O3/c1-2-29-21(28)19-15-25(23-22-19)13-17-8-6-16(7-9-17)12-24-10-11-26-18(14-24)4-3-5-20(26)27/h6-9,15,18H,2-5,10-14H2,1H3. The number of amides is 1. The van der Waals surface area contributed by atoms with Gasteiger partial charge in [-0.3, -0.25) is 9.69 Å². The average molecular weight is 397 g/mol. The number of hydrogen-bond acceptors (Lipinski definition) is 6. The number of benzene rings is 1. The second-order valence-electron chi connectivity index (χ2n) is 7.71. The minimum absolute atomic E-state index is 0.226. The van der Waals surface area contributed by atoms with E-state index < -0.39 is 5.97 Å². The molecule has 0 bridgehead atoms. The lowest BCUT2D eigenvalue weighted by atomic mass is 9.98. The Morgan fingerprint density at radius 2 is 1.93 bits per heavy atom. The third-order valence-corrected chi connectivity index (χ3v) is 5.61. The van der Waals surface area contributed by atoms with Crippen molar-refractivity contribution in [3.8, 4) is 0 Å². The number of carbonyl (C=O) groups is 2. The first-order chi connectivity index (χ1) is 14.1. The van der Waals surface area contributed by atoms with Gasteiger partial charge in [0, 0.05) is 38.6 Å². The van der Waals surface area contributed by atoms with Crippen molar-refractivity contribution in [2.24, 2.45) is 0 Å². The van der Waals surface area contributed by atoms with Crippen LogP contribution < -0.4 is 0 Å². The van der Waals surface area contributed by atoms with E-state index in [1.54, 1.807) is 17.8 Å². The zero-order chi connectivity index (χ0) is 20.2. The van der Waals surface area contributed by atoms with Crippen LogP contribution in [0.2, 0.25) is 0 Å². The van der Waals surface area contributed by atoms with E-state index in [0.717, 1.165) is 44.6 Å². The van der Waals surface area contributed by atoms with Crippen LogP contribution in [-0.4, -0.2) is 69.0 Å². The molecular weight excluding hydrogens is 370 g/mol. The van der Waals surface area contributed by atoms with Gasteiger partial charge in [-0.05, 0) is 30.9 Å². The van der Waals surface area contributed by atoms with Gasteiger partial charge in [0.05, 0.1) is 19.3 Å². The molecule has 1 atom stereocenters. The molecule has 29 heavy (non-hydrogen) atoms. The lowest BCUT2D eigenvalue weighted by Gasteiger charge is -2.44. The van der Waals surface area contributed by atoms with Crippen LogP contribution in [0.5, 0.6) is 0 Å². The van der Waals surface area contributed by atoms with Crippen LogP contribution in [0.1, 0.15) is 47.8 Å². The highest BCUT2D eigenvalue weighted by molar-refractivity contribution is 5.86. The quantitative estimate of drug-likeness (QED) is 0.690. The molecule has 1 unspecified atom stereocenters. The maximum absolute atomic E-state index is 12.0. The Bertz CT molecular complexity index is 863. The molecule has 1 aromatic heterocycles. The number of esters is 1. The Labute approximate surface area is 170 Å². The van der Waals surface area contributed by atoms with E-state index in [-0.39, 0.29) is 5.69 Å². The fourth-order valence-corrected chi connectivity index (χ4v) is 4.14. The van der Waals surface area contributed by atoms with Crippen molar-refractivity contribution < 1.29 is 14.3 Å². The minimum atomic E-state index is -0.450. The van der Waals surface area contributed by atoms with Gasteiger partial charge < -0.3 is 9.64 Å². The van der Waals surface area contributed by atoms with Crippen molar-refractivity contribution in [3.63, 3.8) is 0 Å². The van der Waals surface area contributed by atoms with Gasteiger partial charge in [-0.15, -0.1) is 5.10 Å². The summed E-state index contributed by atoms with van der Waals surface area (Å²) in [5, 5.41) is 7.87. The maximum atomic E-state index is 12.0. The number of nitrogens with zero attached hydrogens (tertiary/aromatic N) is 5. The van der Waals surface area contributed by atoms with Crippen molar-refractivity contribution >= 4 is 11.9 Å². The van der Waals surface area contributed by atoms with Crippen molar-refractivity contribution in [1.82, 2.24) is 24.8 Å². The summed E-state index contributed by atoms with van der Waals surface area (Å²) in [5.74, 6) is -0.127. The number of piperidine rings is 1. The van der Waals surface area contributed by atoms with Gasteiger partial charge in [-0.25, -0.2) is 9.48 Å². The molecule has 4 rings (SSSR count). The van der Waals surface area contributed by atoms with Gasteiger partial charge in [0.15, 0.2) is 5.69 Å². The molecule has 2 saturated heterocycles. The Morgan fingerprint density at radius 3 is 2.69 bits per heavy atom. The van der Waals surface area contributed by atoms with E-state index in [4.69, 9.17) is 4.74 Å². The minimum Gasteiger partial charge on any atom is -0.461 e. The predicted molar refractivity (Wildman–Crippen MR) is 106 cm³/mol. The molecule has 0 radical (unpaired) electrons. The summed E-state index contributed by atoms with van der Waals surface area (Å²) in [5.41, 5.74) is 2.58. The summed E-state index contributed by atoms with van der Waals surface area (Å²) >= 11 is 0. The molecule has 0 spiro atoms. The highest BCUT2D eigenvalue weighted by atomic mass is 16.5. The Hall–Kier alpha value is -2.74. The first-order valence-corrected chi connectivity index (χ1v) is 10.3. The van der Waals surface area contributed by atoms with Crippen LogP contribution in [0, 0.1) is 0 Å². The van der Waals surface area contributed by atoms with Gasteiger partial charge in [0.2, 0.25) is 5.91 Å². The Balaban J connectivity index is 1.31. The van der Waals surface area contributed by atoms with Gasteiger partial charge in [0.1, 0.15) is 0 Å². The molecular formula is C21H27N5O3. The zero-order valence-electron chi connectivity index (χ0n) is 16.8. The van der Waals surface area contributed by atoms with Crippen LogP contribution in [0.15, 0.2) is 30.5 Å². The predicted octanol–water partition coefficient (Wildman–Crippen LogP) is 1.70. The summed E-state index contributed by atoms with van der Waals surface area (Å²) in [6.07, 6.45) is 4.46. The molecule has 8 nitrogen and oxygen atoms in total. The summed E-state index contributed by atoms with van der Waals surface area (Å²) in [6.45, 7) is 6.27. The summed E-state index contributed by atoms with van der Waals surface area (Å²) in [6, 6.07) is 8.82. The third-order valence-electron chi connectivity index (χ3n) is 5.61. The molecule has 8 heteroatoms. The fraction of sp³-hybridized carbons (Fsp3) is 0.524. The van der Waals surface area contributed by atoms with E-state index in [1.165, 1.54) is 5.56 Å². The second kappa shape index (κ2) is 8.73. The zero-order valence-corrected chi connectivity index (χ0v) is 16.8. The van der Waals surface area contributed by atoms with Gasteiger partial charge in [-0.2, -0.15) is 0 Å². The number of aromatic nitrogens is 3. The molecule has 1 aromatic carbocycles. The normalized spacial score (nSPS) is 19.8. The van der Waals surface area contributed by atoms with Crippen molar-refractivity contribution in [2.75, 3.05) is 26.2 Å². The largest absolute Gasteiger partial charge is 0.461 e. The average Bonchev–Trinajstić information content (AvgIpc) is 3.18. The lowest BCUT2D eigenvalue weighted by Crippen LogP contribution is -2.56. The van der Waals surface area contributed by atoms with E-state index in [0.29, 0.717) is 31.5 Å². The highest BCUT2D eigenvalue weighted by Gasteiger charge is 2.32. The number of piperazine rings is 1. The lowest BCUT2D eigenvalue weighted by molar-refractivity contribution is -0.139. The van der Waals surface area contributed by atoms with Gasteiger partial charge in [0.25, 0.3) is 0 Å². The van der Waals surface area contributed by atoms with Crippen LogP contribution in [0.3, 0.4) is 0 Å². The molecule has 154 valence electrons. The highest BCUT2D eigenvalue weighted by Crippen LogP contribution is 2.23. The molecule has 2 aromatic rings. The summed E-state index contributed by atoms with van der Waals surface area (Å²) in [4.78, 5) is 28.2. The monoisotopic (exact) mass is 397 g/mol. The molecule has 0 saturated carbocycles. The molecule has 2 aliphatic rings. The van der Waals surface area contributed by atoms with Crippen molar-refractivity contribution in [2.45, 2.75) is 45.3 Å². The number of carbonyl (C=O) groups excluding carboxylic acids is 2. The van der Waals surface area contributed by atoms with Crippen molar-refractivity contribution in [1.29, 1.82) is 0 Å². The molecule has 2 aliphatic heterocycles. The Kier molecular flexibility index (Phi) is 5.89. The van der Waals surface area contributed by atoms with E-state index in [9.17, 15) is 9.59 Å². The number of rotatable bonds is 6. The smallest absolute Gasteiger partial charge is 0.360 e. The third kappa shape index (κ3) is 4.64.